The Kier molecular flexibility index (Phi) is 5.79. The minimum atomic E-state index is -4.09. The largest absolute Gasteiger partial charge is 0.401 e. The highest BCUT2D eigenvalue weighted by Crippen LogP contribution is 2.34. The molecule has 3 nitrogen and oxygen atoms in total. The van der Waals surface area contributed by atoms with Gasteiger partial charge < -0.3 is 10.1 Å². The number of piperidine rings is 1. The maximum absolute atomic E-state index is 12.4. The van der Waals surface area contributed by atoms with Crippen molar-refractivity contribution in [1.29, 1.82) is 0 Å². The lowest BCUT2D eigenvalue weighted by atomic mass is 9.94. The second kappa shape index (κ2) is 7.85. The van der Waals surface area contributed by atoms with Crippen LogP contribution in [0.3, 0.4) is 0 Å². The van der Waals surface area contributed by atoms with Gasteiger partial charge in [0, 0.05) is 25.1 Å². The number of nitrogens with zero attached hydrogens (tertiary/aromatic N) is 1. The lowest BCUT2D eigenvalue weighted by Gasteiger charge is -2.33. The molecule has 134 valence electrons. The Bertz CT molecular complexity index is 501. The molecule has 0 radical (unpaired) electrons. The second-order valence-corrected chi connectivity index (χ2v) is 6.82. The van der Waals surface area contributed by atoms with Gasteiger partial charge in [-0.15, -0.1) is 0 Å². The summed E-state index contributed by atoms with van der Waals surface area (Å²) in [6, 6.07) is 10.6. The number of hydrogen-bond acceptors (Lipinski definition) is 3. The summed E-state index contributed by atoms with van der Waals surface area (Å²) in [6.45, 7) is 1.88. The third-order valence-corrected chi connectivity index (χ3v) is 5.00. The summed E-state index contributed by atoms with van der Waals surface area (Å²) in [5.74, 6) is 0.431. The molecule has 0 aliphatic carbocycles. The van der Waals surface area contributed by atoms with E-state index >= 15 is 0 Å². The van der Waals surface area contributed by atoms with Gasteiger partial charge >= 0.3 is 6.18 Å². The van der Waals surface area contributed by atoms with E-state index in [1.165, 1.54) is 10.5 Å². The van der Waals surface area contributed by atoms with Crippen LogP contribution in [-0.4, -0.2) is 49.9 Å². The predicted octanol–water partition coefficient (Wildman–Crippen LogP) is 3.38. The number of halogens is 3. The van der Waals surface area contributed by atoms with E-state index in [0.29, 0.717) is 25.0 Å². The van der Waals surface area contributed by atoms with Crippen molar-refractivity contribution in [3.8, 4) is 0 Å². The third kappa shape index (κ3) is 4.94. The summed E-state index contributed by atoms with van der Waals surface area (Å²) in [4.78, 5) is 1.50. The van der Waals surface area contributed by atoms with E-state index < -0.39 is 12.7 Å². The Morgan fingerprint density at radius 3 is 2.46 bits per heavy atom. The van der Waals surface area contributed by atoms with Crippen LogP contribution >= 0.6 is 0 Å². The first kappa shape index (κ1) is 17.7. The van der Waals surface area contributed by atoms with Gasteiger partial charge in [-0.25, -0.2) is 0 Å². The van der Waals surface area contributed by atoms with Crippen LogP contribution in [0, 0.1) is 5.92 Å². The van der Waals surface area contributed by atoms with Crippen molar-refractivity contribution in [3.05, 3.63) is 35.9 Å². The van der Waals surface area contributed by atoms with Crippen LogP contribution in [0.4, 0.5) is 13.2 Å². The summed E-state index contributed by atoms with van der Waals surface area (Å²) in [5.41, 5.74) is 1.21. The fourth-order valence-corrected chi connectivity index (χ4v) is 3.72. The van der Waals surface area contributed by atoms with Crippen molar-refractivity contribution < 1.29 is 17.9 Å². The fourth-order valence-electron chi connectivity index (χ4n) is 3.72. The SMILES string of the molecule is FC(F)(F)CN1CCC(NC[C@H]2CCO[C@@H]2c2ccccc2)CC1. The summed E-state index contributed by atoms with van der Waals surface area (Å²) in [5, 5.41) is 3.56. The number of ether oxygens (including phenoxy) is 1. The lowest BCUT2D eigenvalue weighted by Crippen LogP contribution is -2.46. The van der Waals surface area contributed by atoms with Crippen LogP contribution in [0.1, 0.15) is 30.9 Å². The summed E-state index contributed by atoms with van der Waals surface area (Å²) in [6.07, 6.45) is -1.38. The number of alkyl halides is 3. The molecule has 24 heavy (non-hydrogen) atoms. The Hall–Kier alpha value is -1.11. The van der Waals surface area contributed by atoms with Gasteiger partial charge in [0.1, 0.15) is 0 Å². The standard InChI is InChI=1S/C18H25F3N2O/c19-18(20,21)13-23-9-6-16(7-10-23)22-12-15-8-11-24-17(15)14-4-2-1-3-5-14/h1-5,15-17,22H,6-13H2/t15-,17-/m1/s1. The molecule has 1 aromatic carbocycles. The van der Waals surface area contributed by atoms with Gasteiger partial charge in [0.2, 0.25) is 0 Å². The molecule has 0 unspecified atom stereocenters. The third-order valence-electron chi connectivity index (χ3n) is 5.00. The van der Waals surface area contributed by atoms with Gasteiger partial charge in [-0.3, -0.25) is 4.90 Å². The number of nitrogens with one attached hydrogen (secondary N) is 1. The molecule has 2 aliphatic rings. The first-order chi connectivity index (χ1) is 11.5. The van der Waals surface area contributed by atoms with E-state index in [-0.39, 0.29) is 6.10 Å². The highest BCUT2D eigenvalue weighted by atomic mass is 19.4. The molecule has 2 aliphatic heterocycles. The van der Waals surface area contributed by atoms with E-state index in [9.17, 15) is 13.2 Å². The molecular weight excluding hydrogens is 317 g/mol. The number of likely N-dealkylation sites (tertiary alicyclic amines) is 1. The van der Waals surface area contributed by atoms with Crippen LogP contribution in [-0.2, 0) is 4.74 Å². The quantitative estimate of drug-likeness (QED) is 0.888. The first-order valence-electron chi connectivity index (χ1n) is 8.70. The van der Waals surface area contributed by atoms with Crippen molar-refractivity contribution >= 4 is 0 Å². The zero-order chi connectivity index (χ0) is 17.0. The molecule has 2 saturated heterocycles. The number of hydrogen-bond donors (Lipinski definition) is 1. The monoisotopic (exact) mass is 342 g/mol. The molecule has 1 aromatic rings. The molecule has 2 heterocycles. The zero-order valence-electron chi connectivity index (χ0n) is 13.8. The topological polar surface area (TPSA) is 24.5 Å². The van der Waals surface area contributed by atoms with Crippen LogP contribution in [0.5, 0.6) is 0 Å². The molecule has 2 atom stereocenters. The first-order valence-corrected chi connectivity index (χ1v) is 8.70. The van der Waals surface area contributed by atoms with Gasteiger partial charge in [-0.05, 0) is 37.9 Å². The van der Waals surface area contributed by atoms with E-state index in [2.05, 4.69) is 17.4 Å². The molecule has 0 spiro atoms. The minimum Gasteiger partial charge on any atom is -0.373 e. The molecule has 0 amide bonds. The minimum absolute atomic E-state index is 0.129. The van der Waals surface area contributed by atoms with E-state index in [0.717, 1.165) is 32.4 Å². The van der Waals surface area contributed by atoms with Gasteiger partial charge in [-0.1, -0.05) is 30.3 Å². The lowest BCUT2D eigenvalue weighted by molar-refractivity contribution is -0.148. The summed E-state index contributed by atoms with van der Waals surface area (Å²) < 4.78 is 43.2. The van der Waals surface area contributed by atoms with Crippen LogP contribution in [0.25, 0.3) is 0 Å². The zero-order valence-corrected chi connectivity index (χ0v) is 13.8. The van der Waals surface area contributed by atoms with Crippen LogP contribution in [0.15, 0.2) is 30.3 Å². The average Bonchev–Trinajstić information content (AvgIpc) is 3.02. The smallest absolute Gasteiger partial charge is 0.373 e. The van der Waals surface area contributed by atoms with Crippen LogP contribution < -0.4 is 5.32 Å². The fraction of sp³-hybridized carbons (Fsp3) is 0.667. The molecule has 2 fully saturated rings. The van der Waals surface area contributed by atoms with Crippen molar-refractivity contribution in [1.82, 2.24) is 10.2 Å². The molecule has 3 rings (SSSR count). The second-order valence-electron chi connectivity index (χ2n) is 6.82. The van der Waals surface area contributed by atoms with E-state index in [1.54, 1.807) is 0 Å². The van der Waals surface area contributed by atoms with Gasteiger partial charge in [0.15, 0.2) is 0 Å². The summed E-state index contributed by atoms with van der Waals surface area (Å²) in [7, 11) is 0. The Labute approximate surface area is 141 Å². The molecule has 6 heteroatoms. The number of rotatable bonds is 5. The summed E-state index contributed by atoms with van der Waals surface area (Å²) >= 11 is 0. The van der Waals surface area contributed by atoms with Crippen molar-refractivity contribution in [2.45, 2.75) is 37.6 Å². The Balaban J connectivity index is 1.43. The van der Waals surface area contributed by atoms with Crippen LogP contribution in [0.2, 0.25) is 0 Å². The van der Waals surface area contributed by atoms with Gasteiger partial charge in [-0.2, -0.15) is 13.2 Å². The average molecular weight is 342 g/mol. The molecule has 0 saturated carbocycles. The highest BCUT2D eigenvalue weighted by Gasteiger charge is 2.33. The van der Waals surface area contributed by atoms with Gasteiger partial charge in [0.25, 0.3) is 0 Å². The predicted molar refractivity (Wildman–Crippen MR) is 86.8 cm³/mol. The van der Waals surface area contributed by atoms with E-state index in [1.807, 2.05) is 18.2 Å². The van der Waals surface area contributed by atoms with Gasteiger partial charge in [0.05, 0.1) is 12.6 Å². The molecule has 1 N–H and O–H groups in total. The van der Waals surface area contributed by atoms with Crippen molar-refractivity contribution in [2.75, 3.05) is 32.8 Å². The molecule has 0 aromatic heterocycles. The molecule has 0 bridgehead atoms. The molecular formula is C18H25F3N2O. The Morgan fingerprint density at radius 2 is 1.79 bits per heavy atom. The van der Waals surface area contributed by atoms with E-state index in [4.69, 9.17) is 4.74 Å². The van der Waals surface area contributed by atoms with Crippen molar-refractivity contribution in [2.24, 2.45) is 5.92 Å². The maximum Gasteiger partial charge on any atom is 0.401 e. The Morgan fingerprint density at radius 1 is 1.08 bits per heavy atom. The normalized spacial score (nSPS) is 26.8. The number of benzene rings is 1. The maximum atomic E-state index is 12.4. The highest BCUT2D eigenvalue weighted by molar-refractivity contribution is 5.19. The van der Waals surface area contributed by atoms with Crippen molar-refractivity contribution in [3.63, 3.8) is 0 Å².